The van der Waals surface area contributed by atoms with Crippen molar-refractivity contribution in [1.82, 2.24) is 10.2 Å². The maximum atomic E-state index is 11.7. The summed E-state index contributed by atoms with van der Waals surface area (Å²) in [5.41, 5.74) is -0.774. The smallest absolute Gasteiger partial charge is 0.311 e. The van der Waals surface area contributed by atoms with Crippen LogP contribution in [0.3, 0.4) is 0 Å². The molecule has 1 heterocycles. The van der Waals surface area contributed by atoms with E-state index < -0.39 is 0 Å². The van der Waals surface area contributed by atoms with Crippen molar-refractivity contribution in [3.05, 3.63) is 12.1 Å². The molecule has 194 valence electrons. The summed E-state index contributed by atoms with van der Waals surface area (Å²) in [6.07, 6.45) is 10.7. The summed E-state index contributed by atoms with van der Waals surface area (Å²) in [6.45, 7) is 7.80. The number of nitrogens with zero attached hydrogens (tertiary/aromatic N) is 2. The molecule has 0 unspecified atom stereocenters. The number of hydrogen-bond acceptors (Lipinski definition) is 8. The van der Waals surface area contributed by atoms with Crippen molar-refractivity contribution in [2.24, 2.45) is 10.8 Å². The van der Waals surface area contributed by atoms with Gasteiger partial charge in [0.05, 0.1) is 25.0 Å². The van der Waals surface area contributed by atoms with Gasteiger partial charge in [0.15, 0.2) is 0 Å². The number of unbranched alkanes of at least 4 members (excludes halogenated alkanes) is 6. The lowest BCUT2D eigenvalue weighted by molar-refractivity contribution is -0.151. The molecule has 0 fully saturated rings. The highest BCUT2D eigenvalue weighted by Crippen LogP contribution is 2.27. The zero-order valence-electron chi connectivity index (χ0n) is 22.0. The highest BCUT2D eigenvalue weighted by atomic mass is 32.2. The third-order valence-electron chi connectivity index (χ3n) is 5.98. The van der Waals surface area contributed by atoms with Gasteiger partial charge in [-0.2, -0.15) is 0 Å². The van der Waals surface area contributed by atoms with E-state index in [1.165, 1.54) is 14.2 Å². The molecular formula is C26H44N2O4S2. The van der Waals surface area contributed by atoms with Crippen molar-refractivity contribution in [2.45, 2.75) is 102 Å². The number of aromatic nitrogens is 2. The lowest BCUT2D eigenvalue weighted by Crippen LogP contribution is -2.25. The largest absolute Gasteiger partial charge is 0.469 e. The second-order valence-corrected chi connectivity index (χ2v) is 12.2. The Kier molecular flexibility index (Phi) is 14.8. The fourth-order valence-corrected chi connectivity index (χ4v) is 5.26. The van der Waals surface area contributed by atoms with Gasteiger partial charge in [-0.3, -0.25) is 9.59 Å². The Morgan fingerprint density at radius 1 is 0.676 bits per heavy atom. The first-order valence-corrected chi connectivity index (χ1v) is 14.4. The van der Waals surface area contributed by atoms with Crippen molar-refractivity contribution < 1.29 is 19.1 Å². The van der Waals surface area contributed by atoms with Crippen LogP contribution in [0.1, 0.15) is 91.9 Å². The first-order chi connectivity index (χ1) is 16.1. The molecule has 0 N–H and O–H groups in total. The van der Waals surface area contributed by atoms with E-state index in [9.17, 15) is 9.59 Å². The topological polar surface area (TPSA) is 78.4 Å². The summed E-state index contributed by atoms with van der Waals surface area (Å²) < 4.78 is 9.72. The summed E-state index contributed by atoms with van der Waals surface area (Å²) in [6, 6.07) is 4.13. The van der Waals surface area contributed by atoms with Crippen molar-refractivity contribution in [3.63, 3.8) is 0 Å². The van der Waals surface area contributed by atoms with E-state index in [-0.39, 0.29) is 22.8 Å². The van der Waals surface area contributed by atoms with Gasteiger partial charge in [-0.25, -0.2) is 0 Å². The Labute approximate surface area is 215 Å². The lowest BCUT2D eigenvalue weighted by Gasteiger charge is -2.20. The van der Waals surface area contributed by atoms with E-state index in [2.05, 4.69) is 22.3 Å². The first kappa shape index (κ1) is 30.8. The summed E-state index contributed by atoms with van der Waals surface area (Å²) in [5.74, 6) is 1.82. The molecule has 1 aromatic heterocycles. The highest BCUT2D eigenvalue weighted by Gasteiger charge is 2.28. The van der Waals surface area contributed by atoms with E-state index in [1.807, 2.05) is 27.7 Å². The van der Waals surface area contributed by atoms with Gasteiger partial charge in [-0.05, 0) is 77.0 Å². The summed E-state index contributed by atoms with van der Waals surface area (Å²) in [4.78, 5) is 23.4. The summed E-state index contributed by atoms with van der Waals surface area (Å²) in [7, 11) is 2.91. The van der Waals surface area contributed by atoms with E-state index in [0.29, 0.717) is 0 Å². The van der Waals surface area contributed by atoms with Gasteiger partial charge >= 0.3 is 11.9 Å². The van der Waals surface area contributed by atoms with Crippen LogP contribution in [0.15, 0.2) is 22.2 Å². The summed E-state index contributed by atoms with van der Waals surface area (Å²) in [5, 5.41) is 10.7. The Bertz CT molecular complexity index is 663. The van der Waals surface area contributed by atoms with Crippen LogP contribution in [-0.2, 0) is 19.1 Å². The minimum atomic E-state index is -0.387. The molecule has 0 saturated heterocycles. The fourth-order valence-electron chi connectivity index (χ4n) is 3.62. The Morgan fingerprint density at radius 3 is 1.35 bits per heavy atom. The van der Waals surface area contributed by atoms with E-state index in [1.54, 1.807) is 23.5 Å². The number of esters is 2. The third-order valence-corrected chi connectivity index (χ3v) is 8.00. The molecule has 1 rings (SSSR count). The predicted molar refractivity (Wildman–Crippen MR) is 141 cm³/mol. The molecule has 0 spiro atoms. The first-order valence-electron chi connectivity index (χ1n) is 12.4. The van der Waals surface area contributed by atoms with Crippen molar-refractivity contribution in [3.8, 4) is 0 Å². The number of methoxy groups -OCH3 is 2. The average Bonchev–Trinajstić information content (AvgIpc) is 2.82. The fraction of sp³-hybridized carbons (Fsp3) is 0.769. The molecule has 34 heavy (non-hydrogen) atoms. The van der Waals surface area contributed by atoms with Crippen LogP contribution in [0.5, 0.6) is 0 Å². The SMILES string of the molecule is COC(=O)C(C)(C)CCCCCCSc1ccc(SCCCCCCC(C)(C)C(=O)OC)nn1. The Morgan fingerprint density at radius 2 is 1.03 bits per heavy atom. The lowest BCUT2D eigenvalue weighted by atomic mass is 9.87. The van der Waals surface area contributed by atoms with Gasteiger partial charge in [-0.1, -0.05) is 38.5 Å². The highest BCUT2D eigenvalue weighted by molar-refractivity contribution is 7.99. The van der Waals surface area contributed by atoms with Gasteiger partial charge in [0.25, 0.3) is 0 Å². The number of ether oxygens (including phenoxy) is 2. The number of hydrogen-bond donors (Lipinski definition) is 0. The molecule has 8 heteroatoms. The second-order valence-electron chi connectivity index (χ2n) is 9.99. The van der Waals surface area contributed by atoms with Gasteiger partial charge < -0.3 is 9.47 Å². The van der Waals surface area contributed by atoms with E-state index in [0.717, 1.165) is 85.8 Å². The van der Waals surface area contributed by atoms with Crippen molar-refractivity contribution in [1.29, 1.82) is 0 Å². The summed E-state index contributed by atoms with van der Waals surface area (Å²) >= 11 is 3.51. The molecule has 0 aliphatic rings. The number of carbonyl (C=O) groups excluding carboxylic acids is 2. The quantitative estimate of drug-likeness (QED) is 0.119. The maximum Gasteiger partial charge on any atom is 0.311 e. The molecule has 0 amide bonds. The van der Waals surface area contributed by atoms with Gasteiger partial charge in [0.1, 0.15) is 10.1 Å². The monoisotopic (exact) mass is 512 g/mol. The van der Waals surface area contributed by atoms with Crippen molar-refractivity contribution >= 4 is 35.5 Å². The molecule has 0 bridgehead atoms. The van der Waals surface area contributed by atoms with Crippen LogP contribution < -0.4 is 0 Å². The maximum absolute atomic E-state index is 11.7. The van der Waals surface area contributed by atoms with E-state index >= 15 is 0 Å². The molecule has 0 aliphatic carbocycles. The van der Waals surface area contributed by atoms with Crippen LogP contribution >= 0.6 is 23.5 Å². The molecule has 0 aliphatic heterocycles. The molecule has 0 aromatic carbocycles. The second kappa shape index (κ2) is 16.4. The van der Waals surface area contributed by atoms with Gasteiger partial charge in [0.2, 0.25) is 0 Å². The minimum absolute atomic E-state index is 0.125. The third kappa shape index (κ3) is 12.4. The Hall–Kier alpha value is -1.28. The number of carbonyl (C=O) groups is 2. The molecule has 1 aromatic rings. The standard InChI is InChI=1S/C26H44N2O4S2/c1-25(2,23(29)31-5)17-11-7-9-13-19-33-21-15-16-22(28-27-21)34-20-14-10-8-12-18-26(3,4)24(30)32-6/h15-16H,7-14,17-20H2,1-6H3. The molecular weight excluding hydrogens is 468 g/mol. The average molecular weight is 513 g/mol. The molecule has 0 radical (unpaired) electrons. The molecule has 0 atom stereocenters. The molecule has 6 nitrogen and oxygen atoms in total. The Balaban J connectivity index is 2.09. The van der Waals surface area contributed by atoms with E-state index in [4.69, 9.17) is 9.47 Å². The van der Waals surface area contributed by atoms with Crippen LogP contribution in [-0.4, -0.2) is 47.9 Å². The number of thioether (sulfide) groups is 2. The van der Waals surface area contributed by atoms with Gasteiger partial charge in [-0.15, -0.1) is 33.7 Å². The zero-order valence-corrected chi connectivity index (χ0v) is 23.6. The number of rotatable bonds is 18. The van der Waals surface area contributed by atoms with Gasteiger partial charge in [0, 0.05) is 0 Å². The normalized spacial score (nSPS) is 11.9. The van der Waals surface area contributed by atoms with Crippen LogP contribution in [0.25, 0.3) is 0 Å². The van der Waals surface area contributed by atoms with Crippen LogP contribution in [0, 0.1) is 10.8 Å². The van der Waals surface area contributed by atoms with Crippen molar-refractivity contribution in [2.75, 3.05) is 25.7 Å². The van der Waals surface area contributed by atoms with Crippen LogP contribution in [0.2, 0.25) is 0 Å². The van der Waals surface area contributed by atoms with Crippen LogP contribution in [0.4, 0.5) is 0 Å². The minimum Gasteiger partial charge on any atom is -0.469 e. The zero-order chi connectivity index (χ0) is 25.5. The molecule has 0 saturated carbocycles. The predicted octanol–water partition coefficient (Wildman–Crippen LogP) is 6.96.